The second-order valence-corrected chi connectivity index (χ2v) is 3.53. The second-order valence-electron chi connectivity index (χ2n) is 3.53. The van der Waals surface area contributed by atoms with Crippen molar-refractivity contribution in [1.29, 1.82) is 5.26 Å². The molecule has 0 aliphatic heterocycles. The molecule has 1 aromatic carbocycles. The largest absolute Gasteiger partial charge is 0.465 e. The van der Waals surface area contributed by atoms with E-state index >= 15 is 0 Å². The molecule has 0 spiro atoms. The maximum absolute atomic E-state index is 11.2. The third-order valence-electron chi connectivity index (χ3n) is 2.32. The molecule has 0 bridgehead atoms. The molecule has 98 valence electrons. The highest BCUT2D eigenvalue weighted by Crippen LogP contribution is 2.19. The van der Waals surface area contributed by atoms with E-state index in [0.29, 0.717) is 5.69 Å². The van der Waals surface area contributed by atoms with E-state index in [0.717, 1.165) is 0 Å². The van der Waals surface area contributed by atoms with Gasteiger partial charge >= 0.3 is 5.97 Å². The summed E-state index contributed by atoms with van der Waals surface area (Å²) >= 11 is 0. The smallest absolute Gasteiger partial charge is 0.350 e. The van der Waals surface area contributed by atoms with Gasteiger partial charge in [-0.05, 0) is 12.1 Å². The molecular formula is C12H11N3O4. The van der Waals surface area contributed by atoms with E-state index in [2.05, 4.69) is 4.74 Å². The molecule has 0 heterocycles. The first-order chi connectivity index (χ1) is 8.99. The van der Waals surface area contributed by atoms with E-state index in [1.807, 2.05) is 0 Å². The molecule has 0 saturated heterocycles. The number of nitrogens with zero attached hydrogens (tertiary/aromatic N) is 3. The molecule has 0 unspecified atom stereocenters. The number of rotatable bonds is 4. The number of non-ortho nitro benzene ring substituents is 1. The Hall–Kier alpha value is -2.88. The van der Waals surface area contributed by atoms with Crippen molar-refractivity contribution in [2.75, 3.05) is 19.1 Å². The lowest BCUT2D eigenvalue weighted by atomic mass is 10.2. The zero-order valence-corrected chi connectivity index (χ0v) is 10.4. The molecule has 0 radical (unpaired) electrons. The van der Waals surface area contributed by atoms with Crippen LogP contribution in [0.15, 0.2) is 36.0 Å². The summed E-state index contributed by atoms with van der Waals surface area (Å²) in [5.41, 5.74) is 0.403. The number of ether oxygens (including phenoxy) is 1. The van der Waals surface area contributed by atoms with Crippen molar-refractivity contribution < 1.29 is 14.5 Å². The number of esters is 1. The Kier molecular flexibility index (Phi) is 4.60. The highest BCUT2D eigenvalue weighted by molar-refractivity contribution is 5.93. The quantitative estimate of drug-likeness (QED) is 0.268. The van der Waals surface area contributed by atoms with Crippen LogP contribution in [-0.4, -0.2) is 25.1 Å². The van der Waals surface area contributed by atoms with Gasteiger partial charge in [-0.3, -0.25) is 10.1 Å². The minimum atomic E-state index is -0.740. The van der Waals surface area contributed by atoms with Gasteiger partial charge in [0.15, 0.2) is 5.57 Å². The number of carbonyl (C=O) groups is 1. The normalized spacial score (nSPS) is 10.5. The van der Waals surface area contributed by atoms with E-state index in [4.69, 9.17) is 5.26 Å². The average molecular weight is 261 g/mol. The molecule has 7 nitrogen and oxygen atoms in total. The van der Waals surface area contributed by atoms with Gasteiger partial charge < -0.3 is 9.64 Å². The van der Waals surface area contributed by atoms with Crippen LogP contribution >= 0.6 is 0 Å². The third kappa shape index (κ3) is 3.54. The lowest BCUT2D eigenvalue weighted by molar-refractivity contribution is -0.384. The van der Waals surface area contributed by atoms with Crippen molar-refractivity contribution in [3.05, 3.63) is 46.2 Å². The van der Waals surface area contributed by atoms with Gasteiger partial charge in [-0.1, -0.05) is 0 Å². The van der Waals surface area contributed by atoms with Crippen LogP contribution in [0.4, 0.5) is 11.4 Å². The molecule has 0 saturated carbocycles. The molecule has 0 aromatic heterocycles. The standard InChI is InChI=1S/C12H11N3O4/c1-14(8-9(7-13)12(16)19-2)10-3-5-11(6-4-10)15(17)18/h3-6,8H,1-2H3/b9-8-. The number of nitro benzene ring substituents is 1. The summed E-state index contributed by atoms with van der Waals surface area (Å²) in [6, 6.07) is 7.42. The SMILES string of the molecule is COC(=O)/C(C#N)=C\N(C)c1ccc([N+](=O)[O-])cc1. The van der Waals surface area contributed by atoms with Crippen LogP contribution in [0.1, 0.15) is 0 Å². The fraction of sp³-hybridized carbons (Fsp3) is 0.167. The molecule has 0 atom stereocenters. The molecule has 7 heteroatoms. The van der Waals surface area contributed by atoms with Crippen molar-refractivity contribution in [3.63, 3.8) is 0 Å². The Labute approximate surface area is 109 Å². The molecule has 0 fully saturated rings. The number of hydrogen-bond acceptors (Lipinski definition) is 6. The summed E-state index contributed by atoms with van der Waals surface area (Å²) in [5.74, 6) is -0.740. The van der Waals surface area contributed by atoms with Gasteiger partial charge in [0, 0.05) is 31.1 Å². The summed E-state index contributed by atoms with van der Waals surface area (Å²) in [5, 5.41) is 19.3. The van der Waals surface area contributed by atoms with Crippen molar-refractivity contribution >= 4 is 17.3 Å². The predicted octanol–water partition coefficient (Wildman–Crippen LogP) is 1.61. The first-order valence-electron chi connectivity index (χ1n) is 5.17. The zero-order valence-electron chi connectivity index (χ0n) is 10.4. The first-order valence-corrected chi connectivity index (χ1v) is 5.17. The molecule has 1 rings (SSSR count). The Balaban J connectivity index is 2.97. The monoisotopic (exact) mass is 261 g/mol. The lowest BCUT2D eigenvalue weighted by Gasteiger charge is -2.14. The van der Waals surface area contributed by atoms with Crippen molar-refractivity contribution in [1.82, 2.24) is 0 Å². The highest BCUT2D eigenvalue weighted by Gasteiger charge is 2.11. The Morgan fingerprint density at radius 1 is 1.47 bits per heavy atom. The van der Waals surface area contributed by atoms with Crippen molar-refractivity contribution in [2.24, 2.45) is 0 Å². The second kappa shape index (κ2) is 6.16. The van der Waals surface area contributed by atoms with Gasteiger partial charge in [0.1, 0.15) is 6.07 Å². The number of carbonyl (C=O) groups excluding carboxylic acids is 1. The minimum Gasteiger partial charge on any atom is -0.465 e. The van der Waals surface area contributed by atoms with Gasteiger partial charge in [0.2, 0.25) is 0 Å². The summed E-state index contributed by atoms with van der Waals surface area (Å²) in [6.45, 7) is 0. The van der Waals surface area contributed by atoms with E-state index in [1.54, 1.807) is 13.1 Å². The van der Waals surface area contributed by atoms with Crippen molar-refractivity contribution in [2.45, 2.75) is 0 Å². The zero-order chi connectivity index (χ0) is 14.4. The molecule has 0 N–H and O–H groups in total. The van der Waals surface area contributed by atoms with Crippen LogP contribution in [0.25, 0.3) is 0 Å². The maximum atomic E-state index is 11.2. The van der Waals surface area contributed by atoms with Gasteiger partial charge in [-0.25, -0.2) is 4.79 Å². The van der Waals surface area contributed by atoms with Gasteiger partial charge in [0.25, 0.3) is 5.69 Å². The Bertz CT molecular complexity index is 557. The molecule has 1 aromatic rings. The first kappa shape index (κ1) is 14.2. The number of nitriles is 1. The number of anilines is 1. The third-order valence-corrected chi connectivity index (χ3v) is 2.32. The number of benzene rings is 1. The van der Waals surface area contributed by atoms with E-state index in [9.17, 15) is 14.9 Å². The molecule has 0 aliphatic carbocycles. The topological polar surface area (TPSA) is 96.5 Å². The molecule has 0 amide bonds. The van der Waals surface area contributed by atoms with Crippen LogP contribution in [0, 0.1) is 21.4 Å². The van der Waals surface area contributed by atoms with E-state index < -0.39 is 10.9 Å². The number of methoxy groups -OCH3 is 1. The average Bonchev–Trinajstić information content (AvgIpc) is 2.43. The predicted molar refractivity (Wildman–Crippen MR) is 67.2 cm³/mol. The van der Waals surface area contributed by atoms with Gasteiger partial charge in [-0.2, -0.15) is 5.26 Å². The van der Waals surface area contributed by atoms with Gasteiger partial charge in [0.05, 0.1) is 12.0 Å². The fourth-order valence-corrected chi connectivity index (χ4v) is 1.31. The maximum Gasteiger partial charge on any atom is 0.350 e. The molecule has 0 aliphatic rings. The van der Waals surface area contributed by atoms with Crippen LogP contribution < -0.4 is 4.90 Å². The lowest BCUT2D eigenvalue weighted by Crippen LogP contribution is -2.13. The molecule has 19 heavy (non-hydrogen) atoms. The summed E-state index contributed by atoms with van der Waals surface area (Å²) in [6.07, 6.45) is 1.30. The van der Waals surface area contributed by atoms with E-state index in [-0.39, 0.29) is 11.3 Å². The Morgan fingerprint density at radius 2 is 2.05 bits per heavy atom. The van der Waals surface area contributed by atoms with Gasteiger partial charge in [-0.15, -0.1) is 0 Å². The number of hydrogen-bond donors (Lipinski definition) is 0. The summed E-state index contributed by atoms with van der Waals surface area (Å²) < 4.78 is 4.44. The summed E-state index contributed by atoms with van der Waals surface area (Å²) in [7, 11) is 2.79. The van der Waals surface area contributed by atoms with Crippen LogP contribution in [0.5, 0.6) is 0 Å². The number of nitro groups is 1. The fourth-order valence-electron chi connectivity index (χ4n) is 1.31. The van der Waals surface area contributed by atoms with Crippen LogP contribution in [0.3, 0.4) is 0 Å². The highest BCUT2D eigenvalue weighted by atomic mass is 16.6. The Morgan fingerprint density at radius 3 is 2.47 bits per heavy atom. The van der Waals surface area contributed by atoms with E-state index in [1.165, 1.54) is 42.5 Å². The van der Waals surface area contributed by atoms with Crippen LogP contribution in [-0.2, 0) is 9.53 Å². The minimum absolute atomic E-state index is 0.0328. The van der Waals surface area contributed by atoms with Crippen LogP contribution in [0.2, 0.25) is 0 Å². The van der Waals surface area contributed by atoms with Crippen molar-refractivity contribution in [3.8, 4) is 6.07 Å². The summed E-state index contributed by atoms with van der Waals surface area (Å²) in [4.78, 5) is 22.7. The molecular weight excluding hydrogens is 250 g/mol.